The summed E-state index contributed by atoms with van der Waals surface area (Å²) >= 11 is 12.2. The zero-order valence-electron chi connectivity index (χ0n) is 11.5. The van der Waals surface area contributed by atoms with Crippen LogP contribution in [-0.2, 0) is 16.0 Å². The van der Waals surface area contributed by atoms with Gasteiger partial charge < -0.3 is 15.4 Å². The van der Waals surface area contributed by atoms with Crippen LogP contribution in [0, 0.1) is 0 Å². The van der Waals surface area contributed by atoms with Crippen LogP contribution in [-0.4, -0.2) is 31.5 Å². The Morgan fingerprint density at radius 3 is 2.81 bits per heavy atom. The molecule has 1 unspecified atom stereocenters. The van der Waals surface area contributed by atoms with Gasteiger partial charge in [-0.05, 0) is 24.5 Å². The summed E-state index contributed by atoms with van der Waals surface area (Å²) in [5, 5.41) is 6.42. The van der Waals surface area contributed by atoms with E-state index >= 15 is 0 Å². The number of hydrogen-bond acceptors (Lipinski definition) is 3. The molecule has 0 aliphatic carbocycles. The summed E-state index contributed by atoms with van der Waals surface area (Å²) in [6.07, 6.45) is 1.49. The second-order valence-electron chi connectivity index (χ2n) is 4.78. The number of carbonyl (C=O) groups excluding carboxylic acids is 2. The molecule has 0 spiro atoms. The fourth-order valence-electron chi connectivity index (χ4n) is 2.17. The maximum absolute atomic E-state index is 11.8. The van der Waals surface area contributed by atoms with Crippen molar-refractivity contribution in [3.8, 4) is 5.75 Å². The van der Waals surface area contributed by atoms with Gasteiger partial charge in [0.15, 0.2) is 0 Å². The molecule has 1 aliphatic heterocycles. The highest BCUT2D eigenvalue weighted by Gasteiger charge is 2.26. The van der Waals surface area contributed by atoms with Crippen LogP contribution in [0.15, 0.2) is 12.1 Å². The monoisotopic (exact) mass is 330 g/mol. The van der Waals surface area contributed by atoms with Gasteiger partial charge in [0.05, 0.1) is 12.1 Å². The average Bonchev–Trinajstić information content (AvgIpc) is 2.88. The molecule has 2 N–H and O–H groups in total. The number of amides is 2. The molecule has 21 heavy (non-hydrogen) atoms. The van der Waals surface area contributed by atoms with Gasteiger partial charge in [-0.3, -0.25) is 9.59 Å². The third kappa shape index (κ3) is 4.02. The van der Waals surface area contributed by atoms with E-state index in [9.17, 15) is 9.59 Å². The van der Waals surface area contributed by atoms with Crippen LogP contribution in [0.5, 0.6) is 5.75 Å². The minimum absolute atomic E-state index is 0.0832. The van der Waals surface area contributed by atoms with Crippen LogP contribution in [0.3, 0.4) is 0 Å². The molecule has 1 heterocycles. The van der Waals surface area contributed by atoms with Gasteiger partial charge in [0.2, 0.25) is 11.8 Å². The van der Waals surface area contributed by atoms with Crippen LogP contribution in [0.4, 0.5) is 0 Å². The van der Waals surface area contributed by atoms with E-state index in [1.54, 1.807) is 12.1 Å². The third-order valence-electron chi connectivity index (χ3n) is 3.33. The maximum atomic E-state index is 11.8. The number of methoxy groups -OCH3 is 1. The van der Waals surface area contributed by atoms with Crippen molar-refractivity contribution in [2.45, 2.75) is 25.3 Å². The van der Waals surface area contributed by atoms with Crippen molar-refractivity contribution in [1.82, 2.24) is 10.6 Å². The van der Waals surface area contributed by atoms with Crippen LogP contribution >= 0.6 is 23.2 Å². The molecular weight excluding hydrogens is 315 g/mol. The molecule has 7 heteroatoms. The van der Waals surface area contributed by atoms with Gasteiger partial charge in [0, 0.05) is 24.1 Å². The van der Waals surface area contributed by atoms with E-state index in [-0.39, 0.29) is 11.8 Å². The summed E-state index contributed by atoms with van der Waals surface area (Å²) in [4.78, 5) is 22.9. The van der Waals surface area contributed by atoms with Crippen molar-refractivity contribution in [3.05, 3.63) is 27.7 Å². The number of hydrogen-bond donors (Lipinski definition) is 2. The highest BCUT2D eigenvalue weighted by atomic mass is 35.5. The van der Waals surface area contributed by atoms with E-state index in [1.807, 2.05) is 0 Å². The molecule has 0 saturated carbocycles. The number of ether oxygens (including phenoxy) is 1. The number of nitrogens with one attached hydrogen (secondary N) is 2. The molecule has 114 valence electrons. The van der Waals surface area contributed by atoms with Crippen molar-refractivity contribution >= 4 is 35.0 Å². The Kier molecular flexibility index (Phi) is 5.31. The first-order valence-corrected chi connectivity index (χ1v) is 7.36. The second-order valence-corrected chi connectivity index (χ2v) is 5.59. The molecule has 0 bridgehead atoms. The van der Waals surface area contributed by atoms with E-state index < -0.39 is 6.04 Å². The molecule has 1 aromatic rings. The van der Waals surface area contributed by atoms with Crippen molar-refractivity contribution in [2.75, 3.05) is 13.7 Å². The first-order valence-electron chi connectivity index (χ1n) is 6.60. The van der Waals surface area contributed by atoms with Gasteiger partial charge in [-0.2, -0.15) is 0 Å². The lowest BCUT2D eigenvalue weighted by Crippen LogP contribution is -2.42. The minimum atomic E-state index is -0.424. The average molecular weight is 331 g/mol. The number of rotatable bonds is 5. The summed E-state index contributed by atoms with van der Waals surface area (Å²) in [6, 6.07) is 2.96. The Labute approximate surface area is 132 Å². The fraction of sp³-hybridized carbons (Fsp3) is 0.429. The Morgan fingerprint density at radius 1 is 1.43 bits per heavy atom. The zero-order chi connectivity index (χ0) is 15.4. The van der Waals surface area contributed by atoms with Gasteiger partial charge in [0.25, 0.3) is 0 Å². The normalized spacial score (nSPS) is 17.5. The molecule has 1 saturated heterocycles. The number of halogens is 2. The van der Waals surface area contributed by atoms with Crippen molar-refractivity contribution < 1.29 is 14.3 Å². The van der Waals surface area contributed by atoms with Gasteiger partial charge in [-0.15, -0.1) is 0 Å². The van der Waals surface area contributed by atoms with Crippen LogP contribution < -0.4 is 15.4 Å². The maximum Gasteiger partial charge on any atom is 0.242 e. The summed E-state index contributed by atoms with van der Waals surface area (Å²) in [7, 11) is 1.52. The standard InChI is InChI=1S/C14H16Cl2N2O3/c1-21-12-7-9(15)8(6-10(12)16)4-5-17-14(20)11-2-3-13(19)18-11/h6-7,11H,2-5H2,1H3,(H,17,20)(H,18,19). The molecular formula is C14H16Cl2N2O3. The van der Waals surface area contributed by atoms with E-state index in [1.165, 1.54) is 7.11 Å². The summed E-state index contributed by atoms with van der Waals surface area (Å²) < 4.78 is 5.07. The van der Waals surface area contributed by atoms with Crippen molar-refractivity contribution in [3.63, 3.8) is 0 Å². The van der Waals surface area contributed by atoms with Crippen LogP contribution in [0.1, 0.15) is 18.4 Å². The molecule has 1 atom stereocenters. The number of benzene rings is 1. The Hall–Kier alpha value is -1.46. The predicted octanol–water partition coefficient (Wildman–Crippen LogP) is 1.94. The fourth-order valence-corrected chi connectivity index (χ4v) is 2.68. The highest BCUT2D eigenvalue weighted by Crippen LogP contribution is 2.31. The third-order valence-corrected chi connectivity index (χ3v) is 3.97. The SMILES string of the molecule is COc1cc(Cl)c(CCNC(=O)C2CCC(=O)N2)cc1Cl. The van der Waals surface area contributed by atoms with Gasteiger partial charge in [-0.1, -0.05) is 23.2 Å². The molecule has 1 aliphatic rings. The number of carbonyl (C=O) groups is 2. The zero-order valence-corrected chi connectivity index (χ0v) is 13.1. The quantitative estimate of drug-likeness (QED) is 0.866. The molecule has 2 amide bonds. The molecule has 1 aromatic carbocycles. The molecule has 0 radical (unpaired) electrons. The van der Waals surface area contributed by atoms with Crippen molar-refractivity contribution in [1.29, 1.82) is 0 Å². The Morgan fingerprint density at radius 2 is 2.19 bits per heavy atom. The minimum Gasteiger partial charge on any atom is -0.495 e. The lowest BCUT2D eigenvalue weighted by Gasteiger charge is -2.12. The summed E-state index contributed by atoms with van der Waals surface area (Å²) in [6.45, 7) is 0.424. The lowest BCUT2D eigenvalue weighted by atomic mass is 10.1. The largest absolute Gasteiger partial charge is 0.495 e. The smallest absolute Gasteiger partial charge is 0.242 e. The summed E-state index contributed by atoms with van der Waals surface area (Å²) in [5.74, 6) is 0.264. The molecule has 2 rings (SSSR count). The molecule has 5 nitrogen and oxygen atoms in total. The van der Waals surface area contributed by atoms with Gasteiger partial charge in [-0.25, -0.2) is 0 Å². The molecule has 1 fully saturated rings. The Bertz CT molecular complexity index is 563. The summed E-state index contributed by atoms with van der Waals surface area (Å²) in [5.41, 5.74) is 0.832. The van der Waals surface area contributed by atoms with E-state index in [2.05, 4.69) is 10.6 Å². The van der Waals surface area contributed by atoms with Gasteiger partial charge >= 0.3 is 0 Å². The first kappa shape index (κ1) is 15.9. The topological polar surface area (TPSA) is 67.4 Å². The first-order chi connectivity index (χ1) is 10.0. The van der Waals surface area contributed by atoms with Crippen LogP contribution in [0.25, 0.3) is 0 Å². The van der Waals surface area contributed by atoms with Gasteiger partial charge in [0.1, 0.15) is 11.8 Å². The highest BCUT2D eigenvalue weighted by molar-refractivity contribution is 6.34. The Balaban J connectivity index is 1.87. The van der Waals surface area contributed by atoms with Crippen molar-refractivity contribution in [2.24, 2.45) is 0 Å². The van der Waals surface area contributed by atoms with E-state index in [0.29, 0.717) is 41.6 Å². The van der Waals surface area contributed by atoms with Crippen LogP contribution in [0.2, 0.25) is 10.0 Å². The van der Waals surface area contributed by atoms with E-state index in [4.69, 9.17) is 27.9 Å². The van der Waals surface area contributed by atoms with E-state index in [0.717, 1.165) is 5.56 Å². The second kappa shape index (κ2) is 7.00. The predicted molar refractivity (Wildman–Crippen MR) is 80.9 cm³/mol. The molecule has 0 aromatic heterocycles. The lowest BCUT2D eigenvalue weighted by molar-refractivity contribution is -0.125.